The SMILES string of the molecule is [B][P@@]1(=O)OC[C@H]2O[C@@H](n3cnc4c(N)ccnc43)[C@H](F)[C@@H]2O[P@@](=O)(SCc2ccc(OC(=O)c3ccc(OCCn4nnc5c4-c4ccccc4N(C(=O)CC)Cc4ccccc4-5)cc3)cc2)OC[C@H]2O[C@@H](n3cnc4c(N)ncnc43)[C@H](F)[C@@H]2O1. The van der Waals surface area contributed by atoms with Crippen molar-refractivity contribution in [3.8, 4) is 34.0 Å². The van der Waals surface area contributed by atoms with Crippen LogP contribution in [0, 0.1) is 0 Å². The lowest BCUT2D eigenvalue weighted by Gasteiger charge is -2.30. The number of fused-ring (bicyclic) bond motifs is 9. The summed E-state index contributed by atoms with van der Waals surface area (Å²) in [5.41, 5.74) is 18.6. The van der Waals surface area contributed by atoms with Crippen molar-refractivity contribution in [2.75, 3.05) is 36.2 Å². The van der Waals surface area contributed by atoms with Crippen molar-refractivity contribution in [3.63, 3.8) is 0 Å². The van der Waals surface area contributed by atoms with Crippen molar-refractivity contribution in [1.82, 2.24) is 49.0 Å². The third-order valence-corrected chi connectivity index (χ3v) is 19.6. The molecule has 4 aliphatic heterocycles. The number of halogens is 2. The maximum atomic E-state index is 17.0. The van der Waals surface area contributed by atoms with Crippen LogP contribution in [0.3, 0.4) is 0 Å². The van der Waals surface area contributed by atoms with Gasteiger partial charge in [-0.15, -0.1) is 5.10 Å². The number of rotatable bonds is 12. The van der Waals surface area contributed by atoms with E-state index in [4.69, 9.17) is 56.1 Å². The number of nitrogens with zero attached hydrogens (tertiary/aromatic N) is 11. The van der Waals surface area contributed by atoms with Crippen molar-refractivity contribution >= 4 is 84.6 Å². The molecule has 0 saturated carbocycles. The number of ether oxygens (including phenoxy) is 4. The van der Waals surface area contributed by atoms with Crippen LogP contribution in [0.25, 0.3) is 44.8 Å². The number of pyridine rings is 1. The lowest BCUT2D eigenvalue weighted by Crippen LogP contribution is -2.37. The number of hydrogen-bond donors (Lipinski definition) is 2. The highest BCUT2D eigenvalue weighted by molar-refractivity contribution is 8.54. The molecule has 1 amide bonds. The van der Waals surface area contributed by atoms with Crippen LogP contribution in [0.4, 0.5) is 26.0 Å². The van der Waals surface area contributed by atoms with Crippen molar-refractivity contribution in [1.29, 1.82) is 0 Å². The number of imidazole rings is 2. The number of aromatic nitrogens is 10. The summed E-state index contributed by atoms with van der Waals surface area (Å²) in [7, 11) is 1.34. The minimum atomic E-state index is -4.73. The molecule has 4 aromatic carbocycles. The number of nitrogen functional groups attached to an aromatic ring is 2. The quantitative estimate of drug-likeness (QED) is 0.0501. The van der Waals surface area contributed by atoms with Crippen LogP contribution in [0.5, 0.6) is 11.5 Å². The minimum Gasteiger partial charge on any atom is -0.492 e. The van der Waals surface area contributed by atoms with Gasteiger partial charge in [0.05, 0.1) is 61.6 Å². The number of esters is 1. The van der Waals surface area contributed by atoms with Gasteiger partial charge in [0, 0.05) is 29.5 Å². The third-order valence-electron chi connectivity index (χ3n) is 14.9. The number of alkyl halides is 2. The molecular weight excluding hydrogens is 1180 g/mol. The summed E-state index contributed by atoms with van der Waals surface area (Å²) >= 11 is 0.665. The molecule has 86 heavy (non-hydrogen) atoms. The summed E-state index contributed by atoms with van der Waals surface area (Å²) < 4.78 is 115. The van der Waals surface area contributed by atoms with E-state index in [0.717, 1.165) is 34.4 Å². The Morgan fingerprint density at radius 1 is 0.767 bits per heavy atom. The smallest absolute Gasteiger partial charge is 0.389 e. The average molecular weight is 1230 g/mol. The third kappa shape index (κ3) is 11.0. The van der Waals surface area contributed by atoms with Crippen LogP contribution in [0.1, 0.15) is 47.3 Å². The lowest BCUT2D eigenvalue weighted by molar-refractivity contribution is -0.118. The average Bonchev–Trinajstić information content (AvgIpc) is 2.70. The number of benzene rings is 4. The predicted octanol–water partition coefficient (Wildman–Crippen LogP) is 8.52. The van der Waals surface area contributed by atoms with Crippen molar-refractivity contribution in [2.24, 2.45) is 0 Å². The molecule has 3 saturated heterocycles. The van der Waals surface area contributed by atoms with Gasteiger partial charge in [-0.05, 0) is 71.0 Å². The Hall–Kier alpha value is -7.98. The number of anilines is 3. The fourth-order valence-corrected chi connectivity index (χ4v) is 15.0. The molecule has 440 valence electrons. The fraction of sp³-hybridized carbons (Fsp3) is 0.291. The first-order chi connectivity index (χ1) is 41.6. The zero-order valence-electron chi connectivity index (χ0n) is 45.3. The predicted molar refractivity (Wildman–Crippen MR) is 309 cm³/mol. The molecule has 0 unspecified atom stereocenters. The van der Waals surface area contributed by atoms with Gasteiger partial charge in [-0.25, -0.2) is 47.7 Å². The molecule has 0 spiro atoms. The summed E-state index contributed by atoms with van der Waals surface area (Å²) in [5, 5.41) is 9.15. The van der Waals surface area contributed by atoms with Gasteiger partial charge in [-0.3, -0.25) is 27.5 Å². The molecule has 0 bridgehead atoms. The first-order valence-electron chi connectivity index (χ1n) is 27.0. The second-order valence-electron chi connectivity index (χ2n) is 20.2. The molecule has 4 N–H and O–H groups in total. The van der Waals surface area contributed by atoms with E-state index in [2.05, 4.69) is 35.2 Å². The Bertz CT molecular complexity index is 4150. The molecule has 2 radical (unpaired) electrons. The Morgan fingerprint density at radius 3 is 2.17 bits per heavy atom. The number of hydrogen-bond acceptors (Lipinski definition) is 22. The van der Waals surface area contributed by atoms with Crippen molar-refractivity contribution in [2.45, 2.75) is 81.4 Å². The highest BCUT2D eigenvalue weighted by Gasteiger charge is 2.55. The lowest BCUT2D eigenvalue weighted by atomic mass is 9.95. The molecule has 10 atom stereocenters. The van der Waals surface area contributed by atoms with E-state index in [9.17, 15) is 14.2 Å². The van der Waals surface area contributed by atoms with Crippen molar-refractivity contribution < 1.29 is 64.5 Å². The van der Waals surface area contributed by atoms with Gasteiger partial charge in [0.15, 0.2) is 41.9 Å². The summed E-state index contributed by atoms with van der Waals surface area (Å²) in [5.74, 6) is -0.0807. The topological polar surface area (TPSA) is 302 Å². The Kier molecular flexibility index (Phi) is 15.5. The van der Waals surface area contributed by atoms with Crippen LogP contribution >= 0.6 is 25.7 Å². The van der Waals surface area contributed by atoms with Gasteiger partial charge in [0.1, 0.15) is 65.6 Å². The molecular formula is C55H50BF2N13O12P2S. The molecule has 4 aliphatic rings. The molecule has 13 rings (SSSR count). The highest BCUT2D eigenvalue weighted by atomic mass is 32.7. The van der Waals surface area contributed by atoms with Crippen molar-refractivity contribution in [3.05, 3.63) is 145 Å². The molecule has 5 aromatic heterocycles. The van der Waals surface area contributed by atoms with Crippen LogP contribution in [-0.2, 0) is 60.3 Å². The molecule has 25 nitrogen and oxygen atoms in total. The van der Waals surface area contributed by atoms with Gasteiger partial charge >= 0.3 is 12.8 Å². The number of amides is 1. The largest absolute Gasteiger partial charge is 0.492 e. The fourth-order valence-electron chi connectivity index (χ4n) is 10.6. The van der Waals surface area contributed by atoms with Gasteiger partial charge < -0.3 is 44.4 Å². The Morgan fingerprint density at radius 2 is 1.43 bits per heavy atom. The summed E-state index contributed by atoms with van der Waals surface area (Å²) in [4.78, 5) is 49.4. The van der Waals surface area contributed by atoms with Gasteiger partial charge in [0.25, 0.3) is 7.47 Å². The van der Waals surface area contributed by atoms with Gasteiger partial charge in [-0.2, -0.15) is 0 Å². The Balaban J connectivity index is 0.689. The summed E-state index contributed by atoms with van der Waals surface area (Å²) in [6.45, 7) is -3.36. The first-order valence-corrected chi connectivity index (χ1v) is 31.7. The number of nitrogens with two attached hydrogens (primary N) is 2. The van der Waals surface area contributed by atoms with Gasteiger partial charge in [0.2, 0.25) is 13.5 Å². The van der Waals surface area contributed by atoms with E-state index in [1.807, 2.05) is 55.5 Å². The van der Waals surface area contributed by atoms with Crippen LogP contribution in [-0.4, -0.2) is 125 Å². The second-order valence-corrected chi connectivity index (χ2v) is 25.8. The first kappa shape index (κ1) is 57.1. The zero-order valence-corrected chi connectivity index (χ0v) is 47.9. The number of para-hydroxylation sites is 1. The molecule has 3 fully saturated rings. The standard InChI is InChI=1S/C55H50BF2N13O12P2S/c1-2-41(72)68-23-32-7-3-4-8-35(32)44-47(36-9-5-6-10-38(36)68)71(67-66-44)21-22-76-33-17-13-31(14-18-33)55(73)79-34-15-11-30(12-16-34)26-86-85(75)78-25-40-48(42(57)53(81-40)70-29-65-46-50(60)62-27-63-52(46)70)82-84(56,74)77-24-39-49(83-85)43(58)54(80-39)69-28-64-45-37(59)19-20-61-51(45)69/h3-20,27-29,39-40,42-43,48-49,53-54H,2,21-26H2,1H3,(H2,59,61)(H2,60,62,63)/t39-,40-,42-,43-,48-,49-,53-,54-,84-,85+/m1/s1. The van der Waals surface area contributed by atoms with E-state index < -0.39 is 82.7 Å². The normalized spacial score (nSPS) is 25.6. The number of carbonyl (C=O) groups is 2. The monoisotopic (exact) mass is 1230 g/mol. The second kappa shape index (κ2) is 23.4. The molecule has 9 aromatic rings. The van der Waals surface area contributed by atoms with Gasteiger partial charge in [-0.1, -0.05) is 66.7 Å². The molecule has 9 heterocycles. The van der Waals surface area contributed by atoms with E-state index in [-0.39, 0.29) is 63.4 Å². The minimum absolute atomic E-state index is 0.0103. The molecule has 31 heteroatoms. The highest BCUT2D eigenvalue weighted by Crippen LogP contribution is 2.65. The number of carbonyl (C=O) groups excluding carboxylic acids is 2. The summed E-state index contributed by atoms with van der Waals surface area (Å²) in [6, 6.07) is 29.8. The molecule has 0 aliphatic carbocycles. The van der Waals surface area contributed by atoms with E-state index in [1.54, 1.807) is 46.0 Å². The van der Waals surface area contributed by atoms with Crippen LogP contribution < -0.4 is 25.8 Å². The Labute approximate surface area is 492 Å². The maximum absolute atomic E-state index is 17.0. The maximum Gasteiger partial charge on any atom is 0.389 e. The zero-order chi connectivity index (χ0) is 59.4. The van der Waals surface area contributed by atoms with E-state index in [1.165, 1.54) is 46.2 Å². The van der Waals surface area contributed by atoms with E-state index >= 15 is 13.3 Å². The van der Waals surface area contributed by atoms with Crippen LogP contribution in [0.15, 0.2) is 128 Å². The van der Waals surface area contributed by atoms with Crippen LogP contribution in [0.2, 0.25) is 0 Å². The summed E-state index contributed by atoms with van der Waals surface area (Å²) in [6.07, 6.45) is -8.46. The van der Waals surface area contributed by atoms with E-state index in [0.29, 0.717) is 47.9 Å².